The van der Waals surface area contributed by atoms with E-state index >= 15 is 0 Å². The number of benzene rings is 2. The molecule has 2 aliphatic heterocycles. The van der Waals surface area contributed by atoms with Crippen LogP contribution in [-0.2, 0) is 11.8 Å². The van der Waals surface area contributed by atoms with Crippen LogP contribution in [0, 0.1) is 0 Å². The van der Waals surface area contributed by atoms with Crippen molar-refractivity contribution in [1.29, 1.82) is 0 Å². The summed E-state index contributed by atoms with van der Waals surface area (Å²) >= 11 is 0. The van der Waals surface area contributed by atoms with Crippen LogP contribution >= 0.6 is 0 Å². The molecule has 1 fully saturated rings. The van der Waals surface area contributed by atoms with Crippen LogP contribution in [-0.4, -0.2) is 41.8 Å². The molecule has 6 heteroatoms. The van der Waals surface area contributed by atoms with Crippen LogP contribution in [0.5, 0.6) is 11.5 Å². The van der Waals surface area contributed by atoms with Crippen LogP contribution in [0.4, 0.5) is 5.69 Å². The lowest BCUT2D eigenvalue weighted by molar-refractivity contribution is -0.116. The van der Waals surface area contributed by atoms with Crippen LogP contribution in [0.3, 0.4) is 0 Å². The zero-order valence-electron chi connectivity index (χ0n) is 16.6. The third kappa shape index (κ3) is 3.56. The number of likely N-dealkylation sites (tertiary alicyclic amines) is 1. The van der Waals surface area contributed by atoms with Crippen molar-refractivity contribution in [2.75, 3.05) is 31.7 Å². The number of carbonyl (C=O) groups is 1. The highest BCUT2D eigenvalue weighted by Crippen LogP contribution is 2.35. The molecule has 2 aromatic carbocycles. The summed E-state index contributed by atoms with van der Waals surface area (Å²) < 4.78 is 12.9. The highest BCUT2D eigenvalue weighted by atomic mass is 16.7. The van der Waals surface area contributed by atoms with Crippen molar-refractivity contribution < 1.29 is 14.3 Å². The van der Waals surface area contributed by atoms with Crippen LogP contribution in [0.1, 0.15) is 24.3 Å². The van der Waals surface area contributed by atoms with E-state index in [4.69, 9.17) is 9.47 Å². The summed E-state index contributed by atoms with van der Waals surface area (Å²) in [5.74, 6) is 1.95. The van der Waals surface area contributed by atoms with Crippen molar-refractivity contribution in [3.63, 3.8) is 0 Å². The second-order valence-corrected chi connectivity index (χ2v) is 7.86. The van der Waals surface area contributed by atoms with Gasteiger partial charge in [-0.3, -0.25) is 4.79 Å². The number of ether oxygens (including phenoxy) is 2. The molecule has 1 N–H and O–H groups in total. The number of aromatic nitrogens is 1. The standard InChI is InChI=1S/C23H25N3O3/c1-25-14-19(18-4-2-3-5-20(18)25)16-8-10-26(13-16)11-9-23(27)24-17-6-7-21-22(12-17)29-15-28-21/h2-7,12,14,16H,8-11,13,15H2,1H3,(H,24,27). The lowest BCUT2D eigenvalue weighted by Crippen LogP contribution is -2.25. The SMILES string of the molecule is Cn1cc(C2CCN(CCC(=O)Nc3ccc4c(c3)OCO4)C2)c2ccccc21. The molecule has 6 nitrogen and oxygen atoms in total. The van der Waals surface area contributed by atoms with Gasteiger partial charge >= 0.3 is 0 Å². The average Bonchev–Trinajstić information content (AvgIpc) is 3.45. The molecule has 1 amide bonds. The Morgan fingerprint density at radius 3 is 2.97 bits per heavy atom. The van der Waals surface area contributed by atoms with Gasteiger partial charge in [0.15, 0.2) is 11.5 Å². The summed E-state index contributed by atoms with van der Waals surface area (Å²) in [6.45, 7) is 3.05. The minimum atomic E-state index is 0.0254. The van der Waals surface area contributed by atoms with Crippen molar-refractivity contribution in [1.82, 2.24) is 9.47 Å². The first-order valence-electron chi connectivity index (χ1n) is 10.1. The van der Waals surface area contributed by atoms with Gasteiger partial charge in [0.05, 0.1) is 0 Å². The summed E-state index contributed by atoms with van der Waals surface area (Å²) in [5.41, 5.74) is 3.45. The number of anilines is 1. The summed E-state index contributed by atoms with van der Waals surface area (Å²) in [5, 5.41) is 4.31. The van der Waals surface area contributed by atoms with Crippen LogP contribution in [0.2, 0.25) is 0 Å². The fraction of sp³-hybridized carbons (Fsp3) is 0.348. The number of nitrogens with one attached hydrogen (secondary N) is 1. The molecule has 0 saturated carbocycles. The van der Waals surface area contributed by atoms with Crippen LogP contribution < -0.4 is 14.8 Å². The summed E-state index contributed by atoms with van der Waals surface area (Å²) in [6.07, 6.45) is 3.89. The number of hydrogen-bond donors (Lipinski definition) is 1. The maximum atomic E-state index is 12.4. The Hall–Kier alpha value is -2.99. The number of aryl methyl sites for hydroxylation is 1. The number of nitrogens with zero attached hydrogens (tertiary/aromatic N) is 2. The first-order chi connectivity index (χ1) is 14.2. The number of fused-ring (bicyclic) bond motifs is 2. The molecule has 0 aliphatic carbocycles. The van der Waals surface area contributed by atoms with E-state index in [1.807, 2.05) is 18.2 Å². The van der Waals surface area contributed by atoms with Crippen molar-refractivity contribution in [3.8, 4) is 11.5 Å². The molecular formula is C23H25N3O3. The molecule has 0 radical (unpaired) electrons. The second-order valence-electron chi connectivity index (χ2n) is 7.86. The van der Waals surface area contributed by atoms with Crippen molar-refractivity contribution in [2.45, 2.75) is 18.8 Å². The number of para-hydroxylation sites is 1. The fourth-order valence-corrected chi connectivity index (χ4v) is 4.45. The number of rotatable bonds is 5. The van der Waals surface area contributed by atoms with Gasteiger partial charge in [-0.2, -0.15) is 0 Å². The topological polar surface area (TPSA) is 55.7 Å². The first kappa shape index (κ1) is 18.1. The lowest BCUT2D eigenvalue weighted by Gasteiger charge is -2.16. The minimum Gasteiger partial charge on any atom is -0.454 e. The molecule has 3 aromatic rings. The van der Waals surface area contributed by atoms with E-state index in [0.717, 1.165) is 37.5 Å². The van der Waals surface area contributed by atoms with Crippen LogP contribution in [0.15, 0.2) is 48.7 Å². The number of hydrogen-bond acceptors (Lipinski definition) is 4. The second kappa shape index (κ2) is 7.44. The van der Waals surface area contributed by atoms with Gasteiger partial charge in [-0.25, -0.2) is 0 Å². The van der Waals surface area contributed by atoms with E-state index in [1.165, 1.54) is 16.5 Å². The van der Waals surface area contributed by atoms with Gasteiger partial charge in [-0.1, -0.05) is 18.2 Å². The highest BCUT2D eigenvalue weighted by molar-refractivity contribution is 5.91. The largest absolute Gasteiger partial charge is 0.454 e. The molecule has 1 saturated heterocycles. The molecule has 29 heavy (non-hydrogen) atoms. The fourth-order valence-electron chi connectivity index (χ4n) is 4.45. The van der Waals surface area contributed by atoms with E-state index in [0.29, 0.717) is 18.1 Å². The maximum Gasteiger partial charge on any atom is 0.231 e. The molecule has 1 atom stereocenters. The Kier molecular flexibility index (Phi) is 4.64. The van der Waals surface area contributed by atoms with Gasteiger partial charge in [0.1, 0.15) is 0 Å². The van der Waals surface area contributed by atoms with E-state index in [9.17, 15) is 4.79 Å². The van der Waals surface area contributed by atoms with E-state index < -0.39 is 0 Å². The Labute approximate surface area is 170 Å². The van der Waals surface area contributed by atoms with E-state index in [2.05, 4.69) is 52.3 Å². The summed E-state index contributed by atoms with van der Waals surface area (Å²) in [7, 11) is 2.11. The predicted molar refractivity (Wildman–Crippen MR) is 113 cm³/mol. The van der Waals surface area contributed by atoms with E-state index in [1.54, 1.807) is 0 Å². The molecule has 1 unspecified atom stereocenters. The summed E-state index contributed by atoms with van der Waals surface area (Å²) in [6, 6.07) is 14.1. The minimum absolute atomic E-state index is 0.0254. The first-order valence-corrected chi connectivity index (χ1v) is 10.1. The molecule has 150 valence electrons. The Bertz CT molecular complexity index is 1060. The van der Waals surface area contributed by atoms with Gasteiger partial charge in [0, 0.05) is 55.4 Å². The Morgan fingerprint density at radius 1 is 1.17 bits per heavy atom. The zero-order valence-corrected chi connectivity index (χ0v) is 16.6. The smallest absolute Gasteiger partial charge is 0.231 e. The highest BCUT2D eigenvalue weighted by Gasteiger charge is 2.26. The normalized spacial score (nSPS) is 18.4. The van der Waals surface area contributed by atoms with Gasteiger partial charge < -0.3 is 24.3 Å². The zero-order chi connectivity index (χ0) is 19.8. The van der Waals surface area contributed by atoms with Gasteiger partial charge in [0.25, 0.3) is 0 Å². The maximum absolute atomic E-state index is 12.4. The quantitative estimate of drug-likeness (QED) is 0.720. The van der Waals surface area contributed by atoms with Crippen molar-refractivity contribution in [3.05, 3.63) is 54.2 Å². The molecule has 2 aliphatic rings. The van der Waals surface area contributed by atoms with Crippen LogP contribution in [0.25, 0.3) is 10.9 Å². The third-order valence-electron chi connectivity index (χ3n) is 5.95. The molecule has 0 bridgehead atoms. The van der Waals surface area contributed by atoms with E-state index in [-0.39, 0.29) is 12.7 Å². The monoisotopic (exact) mass is 391 g/mol. The van der Waals surface area contributed by atoms with Crippen molar-refractivity contribution in [2.24, 2.45) is 7.05 Å². The molecule has 1 aromatic heterocycles. The molecule has 5 rings (SSSR count). The van der Waals surface area contributed by atoms with Gasteiger partial charge in [-0.15, -0.1) is 0 Å². The van der Waals surface area contributed by atoms with Crippen molar-refractivity contribution >= 4 is 22.5 Å². The molecule has 0 spiro atoms. The average molecular weight is 391 g/mol. The number of carbonyl (C=O) groups excluding carboxylic acids is 1. The predicted octanol–water partition coefficient (Wildman–Crippen LogP) is 3.73. The lowest BCUT2D eigenvalue weighted by atomic mass is 9.98. The molecular weight excluding hydrogens is 366 g/mol. The molecule has 3 heterocycles. The Balaban J connectivity index is 1.17. The third-order valence-corrected chi connectivity index (χ3v) is 5.95. The van der Waals surface area contributed by atoms with Gasteiger partial charge in [-0.05, 0) is 42.6 Å². The van der Waals surface area contributed by atoms with Gasteiger partial charge in [0.2, 0.25) is 12.7 Å². The number of amides is 1. The summed E-state index contributed by atoms with van der Waals surface area (Å²) in [4.78, 5) is 14.8. The Morgan fingerprint density at radius 2 is 2.03 bits per heavy atom.